The molecule has 0 radical (unpaired) electrons. The van der Waals surface area contributed by atoms with Crippen molar-refractivity contribution in [1.82, 2.24) is 0 Å². The highest BCUT2D eigenvalue weighted by atomic mass is 16.1. The molecule has 18 heavy (non-hydrogen) atoms. The molecule has 0 unspecified atom stereocenters. The summed E-state index contributed by atoms with van der Waals surface area (Å²) in [5, 5.41) is 0. The van der Waals surface area contributed by atoms with Gasteiger partial charge >= 0.3 is 0 Å². The number of carbonyl (C=O) groups is 2. The second-order valence-electron chi connectivity index (χ2n) is 3.84. The van der Waals surface area contributed by atoms with Gasteiger partial charge < -0.3 is 11.5 Å². The van der Waals surface area contributed by atoms with E-state index in [4.69, 9.17) is 11.5 Å². The second kappa shape index (κ2) is 5.82. The molecule has 0 spiro atoms. The van der Waals surface area contributed by atoms with Crippen molar-refractivity contribution in [3.05, 3.63) is 59.7 Å². The summed E-state index contributed by atoms with van der Waals surface area (Å²) in [5.41, 5.74) is 12.6. The van der Waals surface area contributed by atoms with Gasteiger partial charge in [-0.05, 0) is 30.0 Å². The molecule has 1 aromatic rings. The van der Waals surface area contributed by atoms with Crippen LogP contribution >= 0.6 is 0 Å². The first kappa shape index (κ1) is 13.7. The SMILES string of the molecule is C=CCc1ccc(C(N)=O)c(CC=C)c1C(N)=O. The minimum absolute atomic E-state index is 0.302. The van der Waals surface area contributed by atoms with Gasteiger partial charge in [-0.25, -0.2) is 0 Å². The summed E-state index contributed by atoms with van der Waals surface area (Å²) in [4.78, 5) is 22.9. The van der Waals surface area contributed by atoms with Crippen LogP contribution < -0.4 is 11.5 Å². The number of carbonyl (C=O) groups excluding carboxylic acids is 2. The van der Waals surface area contributed by atoms with Crippen LogP contribution in [0.1, 0.15) is 31.8 Å². The quantitative estimate of drug-likeness (QED) is 0.740. The molecule has 4 heteroatoms. The molecule has 94 valence electrons. The Kier molecular flexibility index (Phi) is 4.43. The van der Waals surface area contributed by atoms with Crippen LogP contribution in [0.2, 0.25) is 0 Å². The summed E-state index contributed by atoms with van der Waals surface area (Å²) in [6, 6.07) is 3.28. The molecule has 0 atom stereocenters. The summed E-state index contributed by atoms with van der Waals surface area (Å²) in [6.07, 6.45) is 4.14. The number of hydrogen-bond donors (Lipinski definition) is 2. The maximum Gasteiger partial charge on any atom is 0.249 e. The normalized spacial score (nSPS) is 9.78. The van der Waals surface area contributed by atoms with E-state index in [2.05, 4.69) is 13.2 Å². The molecule has 1 aromatic carbocycles. The van der Waals surface area contributed by atoms with E-state index in [0.717, 1.165) is 5.56 Å². The van der Waals surface area contributed by atoms with E-state index in [1.54, 1.807) is 24.3 Å². The van der Waals surface area contributed by atoms with Gasteiger partial charge in [0.2, 0.25) is 11.8 Å². The third kappa shape index (κ3) is 2.66. The van der Waals surface area contributed by atoms with Crippen molar-refractivity contribution in [2.24, 2.45) is 11.5 Å². The van der Waals surface area contributed by atoms with Crippen LogP contribution in [0.5, 0.6) is 0 Å². The highest BCUT2D eigenvalue weighted by Gasteiger charge is 2.18. The lowest BCUT2D eigenvalue weighted by Gasteiger charge is -2.13. The fourth-order valence-corrected chi connectivity index (χ4v) is 1.92. The topological polar surface area (TPSA) is 86.2 Å². The van der Waals surface area contributed by atoms with Gasteiger partial charge in [0, 0.05) is 11.1 Å². The molecule has 0 fully saturated rings. The van der Waals surface area contributed by atoms with Crippen molar-refractivity contribution in [3.63, 3.8) is 0 Å². The predicted molar refractivity (Wildman–Crippen MR) is 71.3 cm³/mol. The summed E-state index contributed by atoms with van der Waals surface area (Å²) < 4.78 is 0. The van der Waals surface area contributed by atoms with Gasteiger partial charge in [-0.2, -0.15) is 0 Å². The minimum Gasteiger partial charge on any atom is -0.366 e. The van der Waals surface area contributed by atoms with E-state index in [9.17, 15) is 9.59 Å². The van der Waals surface area contributed by atoms with Gasteiger partial charge in [0.25, 0.3) is 0 Å². The molecule has 2 amide bonds. The van der Waals surface area contributed by atoms with E-state index < -0.39 is 11.8 Å². The number of allylic oxidation sites excluding steroid dienone is 2. The molecule has 0 saturated carbocycles. The first-order valence-corrected chi connectivity index (χ1v) is 5.49. The third-order valence-electron chi connectivity index (χ3n) is 2.62. The molecule has 0 bridgehead atoms. The zero-order chi connectivity index (χ0) is 13.7. The van der Waals surface area contributed by atoms with Crippen molar-refractivity contribution >= 4 is 11.8 Å². The largest absolute Gasteiger partial charge is 0.366 e. The van der Waals surface area contributed by atoms with Crippen molar-refractivity contribution in [1.29, 1.82) is 0 Å². The average Bonchev–Trinajstić information content (AvgIpc) is 2.29. The van der Waals surface area contributed by atoms with Crippen molar-refractivity contribution in [2.45, 2.75) is 12.8 Å². The molecule has 0 heterocycles. The summed E-state index contributed by atoms with van der Waals surface area (Å²) in [6.45, 7) is 7.23. The van der Waals surface area contributed by atoms with E-state index in [1.807, 2.05) is 0 Å². The number of rotatable bonds is 6. The van der Waals surface area contributed by atoms with Crippen LogP contribution in [0.3, 0.4) is 0 Å². The molecular weight excluding hydrogens is 228 g/mol. The standard InChI is InChI=1S/C14H16N2O2/c1-3-5-9-7-8-11(13(15)17)10(6-4-2)12(9)14(16)18/h3-4,7-8H,1-2,5-6H2,(H2,15,17)(H2,16,18). The van der Waals surface area contributed by atoms with Crippen LogP contribution in [-0.4, -0.2) is 11.8 Å². The molecule has 0 aliphatic carbocycles. The first-order chi connectivity index (χ1) is 8.52. The van der Waals surface area contributed by atoms with Gasteiger partial charge in [0.1, 0.15) is 0 Å². The Bertz CT molecular complexity index is 519. The summed E-state index contributed by atoms with van der Waals surface area (Å²) in [7, 11) is 0. The molecule has 1 rings (SSSR count). The Morgan fingerprint density at radius 2 is 1.67 bits per heavy atom. The van der Waals surface area contributed by atoms with E-state index in [1.165, 1.54) is 0 Å². The van der Waals surface area contributed by atoms with Crippen LogP contribution in [0, 0.1) is 0 Å². The van der Waals surface area contributed by atoms with Crippen LogP contribution in [-0.2, 0) is 12.8 Å². The molecule has 0 aliphatic heterocycles. The Hall–Kier alpha value is -2.36. The maximum absolute atomic E-state index is 11.6. The molecular formula is C14H16N2O2. The van der Waals surface area contributed by atoms with Gasteiger partial charge in [-0.15, -0.1) is 13.2 Å². The highest BCUT2D eigenvalue weighted by Crippen LogP contribution is 2.21. The molecule has 0 aliphatic rings. The third-order valence-corrected chi connectivity index (χ3v) is 2.62. The molecule has 0 saturated heterocycles. The van der Waals surface area contributed by atoms with E-state index in [0.29, 0.717) is 29.5 Å². The smallest absolute Gasteiger partial charge is 0.249 e. The lowest BCUT2D eigenvalue weighted by atomic mass is 9.91. The zero-order valence-electron chi connectivity index (χ0n) is 10.1. The van der Waals surface area contributed by atoms with Crippen LogP contribution in [0.25, 0.3) is 0 Å². The van der Waals surface area contributed by atoms with Crippen LogP contribution in [0.15, 0.2) is 37.4 Å². The highest BCUT2D eigenvalue weighted by molar-refractivity contribution is 6.02. The number of hydrogen-bond acceptors (Lipinski definition) is 2. The van der Waals surface area contributed by atoms with Gasteiger partial charge in [0.05, 0.1) is 0 Å². The average molecular weight is 244 g/mol. The van der Waals surface area contributed by atoms with E-state index in [-0.39, 0.29) is 0 Å². The van der Waals surface area contributed by atoms with Gasteiger partial charge in [-0.3, -0.25) is 9.59 Å². The Labute approximate surface area is 106 Å². The van der Waals surface area contributed by atoms with Gasteiger partial charge in [0.15, 0.2) is 0 Å². The Balaban J connectivity index is 3.58. The monoisotopic (exact) mass is 244 g/mol. The minimum atomic E-state index is -0.584. The van der Waals surface area contributed by atoms with Gasteiger partial charge in [-0.1, -0.05) is 18.2 Å². The second-order valence-corrected chi connectivity index (χ2v) is 3.84. The fraction of sp³-hybridized carbons (Fsp3) is 0.143. The lowest BCUT2D eigenvalue weighted by molar-refractivity contribution is 0.0998. The molecule has 4 N–H and O–H groups in total. The number of amides is 2. The Morgan fingerprint density at radius 1 is 1.06 bits per heavy atom. The first-order valence-electron chi connectivity index (χ1n) is 5.49. The fourth-order valence-electron chi connectivity index (χ4n) is 1.92. The zero-order valence-corrected chi connectivity index (χ0v) is 10.1. The number of primary amides is 2. The molecule has 0 aromatic heterocycles. The number of benzene rings is 1. The maximum atomic E-state index is 11.6. The van der Waals surface area contributed by atoms with Crippen molar-refractivity contribution in [2.75, 3.05) is 0 Å². The van der Waals surface area contributed by atoms with Crippen molar-refractivity contribution in [3.8, 4) is 0 Å². The van der Waals surface area contributed by atoms with Crippen LogP contribution in [0.4, 0.5) is 0 Å². The summed E-state index contributed by atoms with van der Waals surface area (Å²) >= 11 is 0. The molecule has 4 nitrogen and oxygen atoms in total. The lowest BCUT2D eigenvalue weighted by Crippen LogP contribution is -2.21. The van der Waals surface area contributed by atoms with E-state index >= 15 is 0 Å². The number of nitrogens with two attached hydrogens (primary N) is 2. The Morgan fingerprint density at radius 3 is 2.11 bits per heavy atom. The predicted octanol–water partition coefficient (Wildman–Crippen LogP) is 1.34. The summed E-state index contributed by atoms with van der Waals surface area (Å²) in [5.74, 6) is -1.16. The van der Waals surface area contributed by atoms with Crippen molar-refractivity contribution < 1.29 is 9.59 Å².